The van der Waals surface area contributed by atoms with Gasteiger partial charge >= 0.3 is 0 Å². The van der Waals surface area contributed by atoms with Crippen molar-refractivity contribution in [1.82, 2.24) is 4.48 Å². The van der Waals surface area contributed by atoms with Crippen LogP contribution in [0, 0.1) is 6.92 Å². The Labute approximate surface area is 113 Å². The predicted molar refractivity (Wildman–Crippen MR) is 83.1 cm³/mol. The Bertz CT molecular complexity index is 341. The van der Waals surface area contributed by atoms with Crippen LogP contribution in [0.1, 0.15) is 51.0 Å². The first-order chi connectivity index (χ1) is 8.58. The van der Waals surface area contributed by atoms with Crippen LogP contribution in [0.2, 0.25) is 0 Å². The SMILES string of the molecule is CCCCCCCC[N+](C)(C)c1ccccc1C. The molecule has 0 aliphatic rings. The first-order valence-corrected chi connectivity index (χ1v) is 7.47. The zero-order valence-corrected chi connectivity index (χ0v) is 12.7. The molecule has 0 spiro atoms. The number of unbranched alkanes of at least 4 members (excludes halogenated alkanes) is 5. The molecule has 0 amide bonds. The second kappa shape index (κ2) is 7.58. The Morgan fingerprint density at radius 1 is 0.889 bits per heavy atom. The number of aryl methyl sites for hydroxylation is 1. The summed E-state index contributed by atoms with van der Waals surface area (Å²) in [7, 11) is 4.66. The van der Waals surface area contributed by atoms with E-state index in [4.69, 9.17) is 0 Å². The molecule has 1 heteroatoms. The van der Waals surface area contributed by atoms with E-state index < -0.39 is 0 Å². The molecule has 18 heavy (non-hydrogen) atoms. The van der Waals surface area contributed by atoms with E-state index in [1.807, 2.05) is 0 Å². The maximum absolute atomic E-state index is 2.33. The van der Waals surface area contributed by atoms with Gasteiger partial charge in [-0.1, -0.05) is 50.8 Å². The van der Waals surface area contributed by atoms with Gasteiger partial charge in [-0.05, 0) is 25.8 Å². The maximum Gasteiger partial charge on any atom is 0.135 e. The van der Waals surface area contributed by atoms with Crippen LogP contribution >= 0.6 is 0 Å². The van der Waals surface area contributed by atoms with Crippen molar-refractivity contribution in [2.75, 3.05) is 20.6 Å². The van der Waals surface area contributed by atoms with Crippen LogP contribution in [0.3, 0.4) is 0 Å². The monoisotopic (exact) mass is 248 g/mol. The first-order valence-electron chi connectivity index (χ1n) is 7.47. The number of nitrogens with zero attached hydrogens (tertiary/aromatic N) is 1. The zero-order chi connectivity index (χ0) is 13.4. The Hall–Kier alpha value is -0.820. The molecule has 0 aliphatic heterocycles. The van der Waals surface area contributed by atoms with E-state index in [2.05, 4.69) is 52.2 Å². The van der Waals surface area contributed by atoms with Gasteiger partial charge in [-0.25, -0.2) is 0 Å². The second-order valence-corrected chi connectivity index (χ2v) is 5.96. The summed E-state index contributed by atoms with van der Waals surface area (Å²) in [6, 6.07) is 8.77. The van der Waals surface area contributed by atoms with Gasteiger partial charge in [-0.15, -0.1) is 0 Å². The van der Waals surface area contributed by atoms with Gasteiger partial charge < -0.3 is 0 Å². The molecule has 0 aliphatic carbocycles. The highest BCUT2D eigenvalue weighted by Gasteiger charge is 2.19. The zero-order valence-electron chi connectivity index (χ0n) is 12.7. The maximum atomic E-state index is 2.33. The highest BCUT2D eigenvalue weighted by atomic mass is 15.3. The third kappa shape index (κ3) is 4.81. The van der Waals surface area contributed by atoms with Gasteiger partial charge in [-0.2, -0.15) is 0 Å². The molecule has 0 fully saturated rings. The van der Waals surface area contributed by atoms with E-state index in [1.165, 1.54) is 56.3 Å². The van der Waals surface area contributed by atoms with Crippen molar-refractivity contribution in [3.8, 4) is 0 Å². The summed E-state index contributed by atoms with van der Waals surface area (Å²) in [5.74, 6) is 0. The molecular formula is C17H30N+. The molecule has 0 bridgehead atoms. The Balaban J connectivity index is 2.38. The molecule has 0 atom stereocenters. The standard InChI is InChI=1S/C17H30N/c1-5-6-7-8-9-12-15-18(3,4)17-14-11-10-13-16(17)2/h10-11,13-14H,5-9,12,15H2,1-4H3/q+1. The third-order valence-corrected chi connectivity index (χ3v) is 3.84. The van der Waals surface area contributed by atoms with E-state index in [0.29, 0.717) is 0 Å². The van der Waals surface area contributed by atoms with Gasteiger partial charge in [0, 0.05) is 5.56 Å². The summed E-state index contributed by atoms with van der Waals surface area (Å²) in [6.07, 6.45) is 8.27. The lowest BCUT2D eigenvalue weighted by Gasteiger charge is -2.30. The first kappa shape index (κ1) is 15.2. The van der Waals surface area contributed by atoms with E-state index in [-0.39, 0.29) is 0 Å². The Morgan fingerprint density at radius 3 is 2.17 bits per heavy atom. The quantitative estimate of drug-likeness (QED) is 0.452. The van der Waals surface area contributed by atoms with Crippen molar-refractivity contribution >= 4 is 5.69 Å². The van der Waals surface area contributed by atoms with Crippen LogP contribution in [0.25, 0.3) is 0 Å². The average molecular weight is 248 g/mol. The van der Waals surface area contributed by atoms with Crippen molar-refractivity contribution in [3.05, 3.63) is 29.8 Å². The number of hydrogen-bond donors (Lipinski definition) is 0. The molecule has 1 aromatic carbocycles. The van der Waals surface area contributed by atoms with Crippen molar-refractivity contribution < 1.29 is 0 Å². The van der Waals surface area contributed by atoms with Gasteiger partial charge in [0.15, 0.2) is 0 Å². The van der Waals surface area contributed by atoms with Gasteiger partial charge in [0.2, 0.25) is 0 Å². The Kier molecular flexibility index (Phi) is 6.42. The minimum Gasteiger partial charge on any atom is -0.296 e. The minimum atomic E-state index is 1.01. The average Bonchev–Trinajstić information content (AvgIpc) is 2.34. The molecule has 0 aromatic heterocycles. The van der Waals surface area contributed by atoms with E-state index >= 15 is 0 Å². The molecule has 1 aromatic rings. The van der Waals surface area contributed by atoms with Crippen LogP contribution < -0.4 is 4.48 Å². The van der Waals surface area contributed by atoms with Crippen molar-refractivity contribution in [2.24, 2.45) is 0 Å². The fraction of sp³-hybridized carbons (Fsp3) is 0.647. The Morgan fingerprint density at radius 2 is 1.50 bits per heavy atom. The molecule has 1 rings (SSSR count). The van der Waals surface area contributed by atoms with Gasteiger partial charge in [0.25, 0.3) is 0 Å². The third-order valence-electron chi connectivity index (χ3n) is 3.84. The number of quaternary nitrogens is 1. The van der Waals surface area contributed by atoms with Gasteiger partial charge in [0.1, 0.15) is 5.69 Å². The highest BCUT2D eigenvalue weighted by molar-refractivity contribution is 5.48. The summed E-state index contributed by atoms with van der Waals surface area (Å²) in [5, 5.41) is 0. The normalized spacial score (nSPS) is 11.8. The van der Waals surface area contributed by atoms with Crippen LogP contribution in [0.4, 0.5) is 5.69 Å². The fourth-order valence-corrected chi connectivity index (χ4v) is 2.65. The highest BCUT2D eigenvalue weighted by Crippen LogP contribution is 2.24. The fourth-order valence-electron chi connectivity index (χ4n) is 2.65. The lowest BCUT2D eigenvalue weighted by molar-refractivity contribution is 0.379. The largest absolute Gasteiger partial charge is 0.296 e. The van der Waals surface area contributed by atoms with Crippen molar-refractivity contribution in [2.45, 2.75) is 52.4 Å². The second-order valence-electron chi connectivity index (χ2n) is 5.96. The smallest absolute Gasteiger partial charge is 0.135 e. The lowest BCUT2D eigenvalue weighted by Crippen LogP contribution is -2.41. The topological polar surface area (TPSA) is 0 Å². The van der Waals surface area contributed by atoms with Gasteiger partial charge in [-0.3, -0.25) is 4.48 Å². The van der Waals surface area contributed by atoms with Crippen LogP contribution in [0.5, 0.6) is 0 Å². The summed E-state index contributed by atoms with van der Waals surface area (Å²) in [6.45, 7) is 5.74. The number of para-hydroxylation sites is 1. The number of hydrogen-bond acceptors (Lipinski definition) is 0. The molecule has 1 nitrogen and oxygen atoms in total. The van der Waals surface area contributed by atoms with E-state index in [1.54, 1.807) is 0 Å². The number of benzene rings is 1. The number of rotatable bonds is 8. The summed E-state index contributed by atoms with van der Waals surface area (Å²) in [4.78, 5) is 0. The summed E-state index contributed by atoms with van der Waals surface area (Å²) >= 11 is 0. The molecule has 0 radical (unpaired) electrons. The molecular weight excluding hydrogens is 218 g/mol. The lowest BCUT2D eigenvalue weighted by atomic mass is 10.1. The van der Waals surface area contributed by atoms with Crippen LogP contribution in [0.15, 0.2) is 24.3 Å². The molecule has 0 unspecified atom stereocenters. The molecule has 102 valence electrons. The molecule has 0 heterocycles. The van der Waals surface area contributed by atoms with Crippen LogP contribution in [-0.4, -0.2) is 20.6 Å². The minimum absolute atomic E-state index is 1.01. The van der Waals surface area contributed by atoms with E-state index in [9.17, 15) is 0 Å². The van der Waals surface area contributed by atoms with Crippen molar-refractivity contribution in [1.29, 1.82) is 0 Å². The van der Waals surface area contributed by atoms with Crippen molar-refractivity contribution in [3.63, 3.8) is 0 Å². The van der Waals surface area contributed by atoms with Gasteiger partial charge in [0.05, 0.1) is 20.6 Å². The molecule has 0 N–H and O–H groups in total. The predicted octanol–water partition coefficient (Wildman–Crippen LogP) is 4.92. The summed E-state index contributed by atoms with van der Waals surface area (Å²) in [5.41, 5.74) is 2.87. The van der Waals surface area contributed by atoms with E-state index in [0.717, 1.165) is 4.48 Å². The molecule has 0 saturated heterocycles. The van der Waals surface area contributed by atoms with Crippen LogP contribution in [-0.2, 0) is 0 Å². The summed E-state index contributed by atoms with van der Waals surface area (Å²) < 4.78 is 1.01. The molecule has 0 saturated carbocycles.